The Morgan fingerprint density at radius 3 is 2.79 bits per heavy atom. The van der Waals surface area contributed by atoms with Gasteiger partial charge in [0.15, 0.2) is 0 Å². The molecule has 1 aliphatic heterocycles. The normalized spacial score (nSPS) is 17.1. The first-order valence-electron chi connectivity index (χ1n) is 8.19. The molecule has 2 aromatic rings. The molecule has 3 N–H and O–H groups in total. The molecular weight excluding hydrogens is 328 g/mol. The summed E-state index contributed by atoms with van der Waals surface area (Å²) in [5.41, 5.74) is 3.08. The van der Waals surface area contributed by atoms with E-state index in [2.05, 4.69) is 20.4 Å². The Morgan fingerprint density at radius 1 is 1.29 bits per heavy atom. The summed E-state index contributed by atoms with van der Waals surface area (Å²) in [6.07, 6.45) is 1.42. The molecule has 3 rings (SSSR count). The van der Waals surface area contributed by atoms with Gasteiger partial charge in [0.1, 0.15) is 0 Å². The summed E-state index contributed by atoms with van der Waals surface area (Å²) in [6.45, 7) is 5.14. The van der Waals surface area contributed by atoms with E-state index in [1.54, 1.807) is 0 Å². The van der Waals surface area contributed by atoms with Crippen LogP contribution in [0, 0.1) is 0 Å². The maximum atomic E-state index is 10.2. The number of aliphatic hydroxyl groups is 1. The highest BCUT2D eigenvalue weighted by Gasteiger charge is 2.15. The number of H-pyrrole nitrogens is 1. The molecule has 1 aromatic heterocycles. The van der Waals surface area contributed by atoms with Gasteiger partial charge in [-0.15, -0.1) is 0 Å². The number of β-amino-alcohol motifs (C(OH)–C–C–N with tert-alkyl or cyclic N) is 1. The SMILES string of the molecule is O[C@@H](CNCc1cn[nH]c1-c1ccc(Cl)cc1)CN1CCOCC1. The highest BCUT2D eigenvalue weighted by Crippen LogP contribution is 2.22. The van der Waals surface area contributed by atoms with Crippen molar-refractivity contribution in [2.45, 2.75) is 12.6 Å². The number of ether oxygens (including phenoxy) is 1. The summed E-state index contributed by atoms with van der Waals surface area (Å²) in [6, 6.07) is 7.65. The first-order chi connectivity index (χ1) is 11.7. The maximum absolute atomic E-state index is 10.2. The first-order valence-corrected chi connectivity index (χ1v) is 8.57. The molecule has 0 aliphatic carbocycles. The van der Waals surface area contributed by atoms with Crippen LogP contribution in [0.1, 0.15) is 5.56 Å². The van der Waals surface area contributed by atoms with Gasteiger partial charge in [-0.3, -0.25) is 10.00 Å². The molecule has 0 amide bonds. The van der Waals surface area contributed by atoms with E-state index in [9.17, 15) is 5.11 Å². The van der Waals surface area contributed by atoms with Gasteiger partial charge in [-0.1, -0.05) is 23.7 Å². The molecule has 6 nitrogen and oxygen atoms in total. The fourth-order valence-electron chi connectivity index (χ4n) is 2.83. The summed E-state index contributed by atoms with van der Waals surface area (Å²) in [4.78, 5) is 2.23. The second-order valence-corrected chi connectivity index (χ2v) is 6.41. The third kappa shape index (κ3) is 4.78. The molecule has 0 bridgehead atoms. The number of morpholine rings is 1. The highest BCUT2D eigenvalue weighted by atomic mass is 35.5. The van der Waals surface area contributed by atoms with Crippen LogP contribution in [0.2, 0.25) is 5.02 Å². The Balaban J connectivity index is 1.48. The van der Waals surface area contributed by atoms with Gasteiger partial charge in [0.2, 0.25) is 0 Å². The van der Waals surface area contributed by atoms with Gasteiger partial charge in [-0.2, -0.15) is 5.10 Å². The Kier molecular flexibility index (Phi) is 6.23. The molecule has 7 heteroatoms. The van der Waals surface area contributed by atoms with Gasteiger partial charge in [-0.05, 0) is 17.7 Å². The molecule has 0 spiro atoms. The summed E-state index contributed by atoms with van der Waals surface area (Å²) in [5, 5.41) is 21.3. The second kappa shape index (κ2) is 8.60. The van der Waals surface area contributed by atoms with Gasteiger partial charge < -0.3 is 15.2 Å². The summed E-state index contributed by atoms with van der Waals surface area (Å²) in [7, 11) is 0. The van der Waals surface area contributed by atoms with Crippen molar-refractivity contribution in [1.29, 1.82) is 0 Å². The monoisotopic (exact) mass is 350 g/mol. The number of aromatic amines is 1. The Morgan fingerprint density at radius 2 is 2.04 bits per heavy atom. The molecule has 0 saturated carbocycles. The van der Waals surface area contributed by atoms with Crippen LogP contribution >= 0.6 is 11.6 Å². The van der Waals surface area contributed by atoms with E-state index in [0.717, 1.165) is 43.1 Å². The van der Waals surface area contributed by atoms with Crippen molar-refractivity contribution in [3.8, 4) is 11.3 Å². The van der Waals surface area contributed by atoms with Crippen molar-refractivity contribution >= 4 is 11.6 Å². The third-order valence-electron chi connectivity index (χ3n) is 4.12. The highest BCUT2D eigenvalue weighted by molar-refractivity contribution is 6.30. The number of hydrogen-bond donors (Lipinski definition) is 3. The number of benzene rings is 1. The quantitative estimate of drug-likeness (QED) is 0.706. The van der Waals surface area contributed by atoms with Crippen molar-refractivity contribution in [3.63, 3.8) is 0 Å². The topological polar surface area (TPSA) is 73.4 Å². The van der Waals surface area contributed by atoms with E-state index in [-0.39, 0.29) is 0 Å². The standard InChI is InChI=1S/C17H23ClN4O2/c18-15-3-1-13(2-4-15)17-14(10-20-21-17)9-19-11-16(23)12-22-5-7-24-8-6-22/h1-4,10,16,19,23H,5-9,11-12H2,(H,20,21)/t16-/m0/s1. The molecule has 1 aliphatic rings. The van der Waals surface area contributed by atoms with Crippen molar-refractivity contribution in [2.75, 3.05) is 39.4 Å². The van der Waals surface area contributed by atoms with Crippen LogP contribution in [0.15, 0.2) is 30.5 Å². The lowest BCUT2D eigenvalue weighted by molar-refractivity contribution is 0.0149. The fourth-order valence-corrected chi connectivity index (χ4v) is 2.96. The number of nitrogens with zero attached hydrogens (tertiary/aromatic N) is 2. The molecule has 2 heterocycles. The average Bonchev–Trinajstić information content (AvgIpc) is 3.05. The van der Waals surface area contributed by atoms with Crippen LogP contribution in [0.5, 0.6) is 0 Å². The zero-order valence-electron chi connectivity index (χ0n) is 13.5. The number of aromatic nitrogens is 2. The first kappa shape index (κ1) is 17.4. The Hall–Kier alpha value is -1.44. The fraction of sp³-hybridized carbons (Fsp3) is 0.471. The number of aliphatic hydroxyl groups excluding tert-OH is 1. The van der Waals surface area contributed by atoms with Crippen LogP contribution in [0.3, 0.4) is 0 Å². The summed E-state index contributed by atoms with van der Waals surface area (Å²) in [5.74, 6) is 0. The van der Waals surface area contributed by atoms with Gasteiger partial charge in [0.25, 0.3) is 0 Å². The average molecular weight is 351 g/mol. The molecule has 1 atom stereocenters. The Labute approximate surface area is 146 Å². The van der Waals surface area contributed by atoms with E-state index in [0.29, 0.717) is 24.7 Å². The van der Waals surface area contributed by atoms with Crippen LogP contribution in [-0.2, 0) is 11.3 Å². The minimum Gasteiger partial charge on any atom is -0.390 e. The minimum absolute atomic E-state index is 0.394. The van der Waals surface area contributed by atoms with Crippen LogP contribution in [-0.4, -0.2) is 65.7 Å². The summed E-state index contributed by atoms with van der Waals surface area (Å²) < 4.78 is 5.32. The minimum atomic E-state index is -0.394. The maximum Gasteiger partial charge on any atom is 0.0791 e. The lowest BCUT2D eigenvalue weighted by Gasteiger charge is -2.28. The molecule has 130 valence electrons. The summed E-state index contributed by atoms with van der Waals surface area (Å²) >= 11 is 5.93. The zero-order chi connectivity index (χ0) is 16.8. The lowest BCUT2D eigenvalue weighted by atomic mass is 10.1. The van der Waals surface area contributed by atoms with E-state index in [1.165, 1.54) is 0 Å². The number of halogens is 1. The van der Waals surface area contributed by atoms with Crippen molar-refractivity contribution < 1.29 is 9.84 Å². The van der Waals surface area contributed by atoms with E-state index in [1.807, 2.05) is 30.5 Å². The van der Waals surface area contributed by atoms with Gasteiger partial charge in [-0.25, -0.2) is 0 Å². The predicted molar refractivity (Wildman–Crippen MR) is 94.0 cm³/mol. The molecule has 1 saturated heterocycles. The van der Waals surface area contributed by atoms with Gasteiger partial charge in [0, 0.05) is 43.3 Å². The van der Waals surface area contributed by atoms with E-state index in [4.69, 9.17) is 16.3 Å². The van der Waals surface area contributed by atoms with Gasteiger partial charge >= 0.3 is 0 Å². The molecule has 1 fully saturated rings. The van der Waals surface area contributed by atoms with Crippen molar-refractivity contribution in [2.24, 2.45) is 0 Å². The molecule has 1 aromatic carbocycles. The molecule has 0 unspecified atom stereocenters. The number of rotatable bonds is 7. The van der Waals surface area contributed by atoms with Crippen molar-refractivity contribution in [3.05, 3.63) is 41.0 Å². The van der Waals surface area contributed by atoms with Gasteiger partial charge in [0.05, 0.1) is 31.2 Å². The lowest BCUT2D eigenvalue weighted by Crippen LogP contribution is -2.43. The van der Waals surface area contributed by atoms with E-state index >= 15 is 0 Å². The molecule has 0 radical (unpaired) electrons. The second-order valence-electron chi connectivity index (χ2n) is 5.97. The molecular formula is C17H23ClN4O2. The third-order valence-corrected chi connectivity index (χ3v) is 4.37. The zero-order valence-corrected chi connectivity index (χ0v) is 14.3. The number of nitrogens with one attached hydrogen (secondary N) is 2. The molecule has 24 heavy (non-hydrogen) atoms. The Bertz CT molecular complexity index is 626. The van der Waals surface area contributed by atoms with Crippen molar-refractivity contribution in [1.82, 2.24) is 20.4 Å². The van der Waals surface area contributed by atoms with Crippen LogP contribution in [0.25, 0.3) is 11.3 Å². The predicted octanol–water partition coefficient (Wildman–Crippen LogP) is 1.51. The largest absolute Gasteiger partial charge is 0.390 e. The van der Waals surface area contributed by atoms with Crippen LogP contribution in [0.4, 0.5) is 0 Å². The number of hydrogen-bond acceptors (Lipinski definition) is 5. The van der Waals surface area contributed by atoms with E-state index < -0.39 is 6.10 Å². The van der Waals surface area contributed by atoms with Crippen LogP contribution < -0.4 is 5.32 Å². The smallest absolute Gasteiger partial charge is 0.0791 e.